The minimum absolute atomic E-state index is 0.0991. The SMILES string of the molecule is O=C(c1ccccc1)N1CCCN(c2nc3ccccc3c3nnc(C4CC4)n23)CC1. The number of para-hydroxylation sites is 1. The van der Waals surface area contributed by atoms with Crippen LogP contribution in [0.5, 0.6) is 0 Å². The molecule has 31 heavy (non-hydrogen) atoms. The molecule has 7 nitrogen and oxygen atoms in total. The fraction of sp³-hybridized carbons (Fsp3) is 0.333. The van der Waals surface area contributed by atoms with E-state index in [1.165, 1.54) is 0 Å². The molecule has 2 fully saturated rings. The molecule has 2 aliphatic rings. The number of amides is 1. The highest BCUT2D eigenvalue weighted by atomic mass is 16.2. The number of fused-ring (bicyclic) bond motifs is 3. The lowest BCUT2D eigenvalue weighted by Crippen LogP contribution is -2.36. The van der Waals surface area contributed by atoms with Crippen LogP contribution in [0.25, 0.3) is 16.6 Å². The maximum Gasteiger partial charge on any atom is 0.253 e. The molecule has 1 aliphatic heterocycles. The maximum absolute atomic E-state index is 13.0. The Hall–Kier alpha value is -3.48. The molecule has 1 saturated carbocycles. The molecule has 3 heterocycles. The number of hydrogen-bond acceptors (Lipinski definition) is 5. The Labute approximate surface area is 180 Å². The normalized spacial score (nSPS) is 17.3. The number of hydrogen-bond donors (Lipinski definition) is 0. The first-order chi connectivity index (χ1) is 15.3. The van der Waals surface area contributed by atoms with Crippen molar-refractivity contribution in [3.05, 3.63) is 66.0 Å². The average molecular weight is 412 g/mol. The first-order valence-electron chi connectivity index (χ1n) is 11.0. The van der Waals surface area contributed by atoms with E-state index in [1.54, 1.807) is 0 Å². The summed E-state index contributed by atoms with van der Waals surface area (Å²) in [6.07, 6.45) is 3.22. The fourth-order valence-corrected chi connectivity index (χ4v) is 4.49. The second-order valence-corrected chi connectivity index (χ2v) is 8.42. The molecule has 156 valence electrons. The number of carbonyl (C=O) groups excluding carboxylic acids is 1. The van der Waals surface area contributed by atoms with Gasteiger partial charge in [0.2, 0.25) is 5.95 Å². The predicted molar refractivity (Wildman–Crippen MR) is 119 cm³/mol. The summed E-state index contributed by atoms with van der Waals surface area (Å²) >= 11 is 0. The first kappa shape index (κ1) is 18.3. The number of carbonyl (C=O) groups is 1. The predicted octanol–water partition coefficient (Wildman–Crippen LogP) is 3.51. The van der Waals surface area contributed by atoms with Crippen LogP contribution in [-0.2, 0) is 0 Å². The van der Waals surface area contributed by atoms with E-state index in [0.29, 0.717) is 12.5 Å². The van der Waals surface area contributed by atoms with Crippen LogP contribution in [0.1, 0.15) is 41.4 Å². The zero-order chi connectivity index (χ0) is 20.8. The molecule has 1 amide bonds. The third-order valence-electron chi connectivity index (χ3n) is 6.28. The molecule has 0 spiro atoms. The fourth-order valence-electron chi connectivity index (χ4n) is 4.49. The summed E-state index contributed by atoms with van der Waals surface area (Å²) in [5.74, 6) is 2.49. The van der Waals surface area contributed by atoms with Crippen LogP contribution in [0.15, 0.2) is 54.6 Å². The third-order valence-corrected chi connectivity index (χ3v) is 6.28. The molecule has 1 saturated heterocycles. The van der Waals surface area contributed by atoms with Crippen LogP contribution in [-0.4, -0.2) is 56.6 Å². The molecule has 6 rings (SSSR count). The van der Waals surface area contributed by atoms with Crippen LogP contribution in [0, 0.1) is 0 Å². The highest BCUT2D eigenvalue weighted by molar-refractivity contribution is 5.94. The van der Waals surface area contributed by atoms with Crippen LogP contribution in [0.4, 0.5) is 5.95 Å². The van der Waals surface area contributed by atoms with Crippen molar-refractivity contribution in [2.45, 2.75) is 25.2 Å². The van der Waals surface area contributed by atoms with E-state index in [1.807, 2.05) is 53.4 Å². The number of rotatable bonds is 3. The molecule has 1 aliphatic carbocycles. The average Bonchev–Trinajstić information content (AvgIpc) is 3.61. The summed E-state index contributed by atoms with van der Waals surface area (Å²) in [7, 11) is 0. The minimum Gasteiger partial charge on any atom is -0.340 e. The van der Waals surface area contributed by atoms with Gasteiger partial charge in [-0.15, -0.1) is 10.2 Å². The van der Waals surface area contributed by atoms with Gasteiger partial charge in [-0.25, -0.2) is 9.38 Å². The van der Waals surface area contributed by atoms with Crippen LogP contribution < -0.4 is 4.90 Å². The quantitative estimate of drug-likeness (QED) is 0.515. The summed E-state index contributed by atoms with van der Waals surface area (Å²) < 4.78 is 2.16. The third kappa shape index (κ3) is 3.21. The Bertz CT molecular complexity index is 1260. The van der Waals surface area contributed by atoms with Gasteiger partial charge < -0.3 is 9.80 Å². The van der Waals surface area contributed by atoms with Gasteiger partial charge in [-0.05, 0) is 43.5 Å². The van der Waals surface area contributed by atoms with Gasteiger partial charge >= 0.3 is 0 Å². The zero-order valence-corrected chi connectivity index (χ0v) is 17.3. The molecular weight excluding hydrogens is 388 g/mol. The summed E-state index contributed by atoms with van der Waals surface area (Å²) in [4.78, 5) is 22.3. The molecule has 0 N–H and O–H groups in total. The van der Waals surface area contributed by atoms with E-state index in [4.69, 9.17) is 4.98 Å². The van der Waals surface area contributed by atoms with E-state index in [2.05, 4.69) is 25.6 Å². The van der Waals surface area contributed by atoms with Crippen molar-refractivity contribution in [2.24, 2.45) is 0 Å². The van der Waals surface area contributed by atoms with Gasteiger partial charge in [0.25, 0.3) is 5.91 Å². The molecule has 0 radical (unpaired) electrons. The van der Waals surface area contributed by atoms with Crippen molar-refractivity contribution in [2.75, 3.05) is 31.1 Å². The van der Waals surface area contributed by atoms with E-state index in [0.717, 1.165) is 72.8 Å². The van der Waals surface area contributed by atoms with Crippen molar-refractivity contribution in [3.63, 3.8) is 0 Å². The number of aromatic nitrogens is 4. The molecular formula is C24H24N6O. The van der Waals surface area contributed by atoms with Crippen molar-refractivity contribution < 1.29 is 4.79 Å². The molecule has 2 aromatic carbocycles. The molecule has 0 unspecified atom stereocenters. The van der Waals surface area contributed by atoms with Gasteiger partial charge in [-0.1, -0.05) is 30.3 Å². The van der Waals surface area contributed by atoms with Gasteiger partial charge in [0, 0.05) is 43.0 Å². The molecule has 0 atom stereocenters. The summed E-state index contributed by atoms with van der Waals surface area (Å²) in [6.45, 7) is 3.01. The van der Waals surface area contributed by atoms with Gasteiger partial charge in [-0.2, -0.15) is 0 Å². The van der Waals surface area contributed by atoms with Crippen LogP contribution >= 0.6 is 0 Å². The second-order valence-electron chi connectivity index (χ2n) is 8.42. The van der Waals surface area contributed by atoms with Gasteiger partial charge in [0.1, 0.15) is 5.82 Å². The van der Waals surface area contributed by atoms with Crippen LogP contribution in [0.2, 0.25) is 0 Å². The smallest absolute Gasteiger partial charge is 0.253 e. The van der Waals surface area contributed by atoms with Gasteiger partial charge in [0.15, 0.2) is 5.65 Å². The highest BCUT2D eigenvalue weighted by Gasteiger charge is 2.32. The van der Waals surface area contributed by atoms with Crippen molar-refractivity contribution >= 4 is 28.4 Å². The van der Waals surface area contributed by atoms with E-state index in [9.17, 15) is 4.79 Å². The molecule has 7 heteroatoms. The first-order valence-corrected chi connectivity index (χ1v) is 11.0. The van der Waals surface area contributed by atoms with Crippen molar-refractivity contribution in [1.29, 1.82) is 0 Å². The Balaban J connectivity index is 1.36. The standard InChI is InChI=1S/C24H24N6O/c31-23(18-7-2-1-3-8-18)28-13-6-14-29(16-15-28)24-25-20-10-5-4-9-19(20)22-27-26-21(30(22)24)17-11-12-17/h1-5,7-10,17H,6,11-16H2. The minimum atomic E-state index is 0.0991. The molecule has 4 aromatic rings. The lowest BCUT2D eigenvalue weighted by molar-refractivity contribution is 0.0767. The lowest BCUT2D eigenvalue weighted by Gasteiger charge is -2.24. The van der Waals surface area contributed by atoms with Gasteiger partial charge in [-0.3, -0.25) is 4.79 Å². The molecule has 0 bridgehead atoms. The second kappa shape index (κ2) is 7.34. The zero-order valence-electron chi connectivity index (χ0n) is 17.3. The van der Waals surface area contributed by atoms with E-state index >= 15 is 0 Å². The monoisotopic (exact) mass is 412 g/mol. The van der Waals surface area contributed by atoms with E-state index in [-0.39, 0.29) is 5.91 Å². The Kier molecular flexibility index (Phi) is 4.33. The van der Waals surface area contributed by atoms with Crippen molar-refractivity contribution in [1.82, 2.24) is 24.5 Å². The summed E-state index contributed by atoms with van der Waals surface area (Å²) in [5.41, 5.74) is 2.56. The Morgan fingerprint density at radius 3 is 2.52 bits per heavy atom. The van der Waals surface area contributed by atoms with E-state index < -0.39 is 0 Å². The van der Waals surface area contributed by atoms with Gasteiger partial charge in [0.05, 0.1) is 5.52 Å². The maximum atomic E-state index is 13.0. The van der Waals surface area contributed by atoms with Crippen LogP contribution in [0.3, 0.4) is 0 Å². The molecule has 2 aromatic heterocycles. The lowest BCUT2D eigenvalue weighted by atomic mass is 10.2. The van der Waals surface area contributed by atoms with Crippen molar-refractivity contribution in [3.8, 4) is 0 Å². The Morgan fingerprint density at radius 2 is 1.68 bits per heavy atom. The number of anilines is 1. The number of nitrogens with zero attached hydrogens (tertiary/aromatic N) is 6. The topological polar surface area (TPSA) is 66.6 Å². The largest absolute Gasteiger partial charge is 0.340 e. The number of benzene rings is 2. The summed E-state index contributed by atoms with van der Waals surface area (Å²) in [5, 5.41) is 10.1. The Morgan fingerprint density at radius 1 is 0.871 bits per heavy atom. The summed E-state index contributed by atoms with van der Waals surface area (Å²) in [6, 6.07) is 17.7. The highest BCUT2D eigenvalue weighted by Crippen LogP contribution is 2.40.